The average Bonchev–Trinajstić information content (AvgIpc) is 2.99. The van der Waals surface area contributed by atoms with Gasteiger partial charge in [-0.1, -0.05) is 12.1 Å². The summed E-state index contributed by atoms with van der Waals surface area (Å²) in [5.74, 6) is -0.739. The molecular weight excluding hydrogens is 322 g/mol. The molecule has 4 nitrogen and oxygen atoms in total. The van der Waals surface area contributed by atoms with Gasteiger partial charge in [0.1, 0.15) is 4.88 Å². The van der Waals surface area contributed by atoms with Crippen LogP contribution >= 0.6 is 11.3 Å². The molecule has 1 aromatic heterocycles. The summed E-state index contributed by atoms with van der Waals surface area (Å²) in [6.45, 7) is 3.55. The van der Waals surface area contributed by atoms with Crippen LogP contribution in [0.4, 0.5) is 5.69 Å². The van der Waals surface area contributed by atoms with Crippen LogP contribution in [0, 0.1) is 6.92 Å². The van der Waals surface area contributed by atoms with Crippen molar-refractivity contribution < 1.29 is 14.3 Å². The fourth-order valence-electron chi connectivity index (χ4n) is 2.83. The van der Waals surface area contributed by atoms with Crippen molar-refractivity contribution in [2.24, 2.45) is 0 Å². The van der Waals surface area contributed by atoms with Crippen molar-refractivity contribution in [2.75, 3.05) is 5.32 Å². The third kappa shape index (κ3) is 3.85. The van der Waals surface area contributed by atoms with Crippen LogP contribution in [0.3, 0.4) is 0 Å². The first kappa shape index (κ1) is 16.7. The molecule has 0 radical (unpaired) electrons. The largest absolute Gasteiger partial charge is 0.448 e. The van der Waals surface area contributed by atoms with Crippen LogP contribution in [0.25, 0.3) is 0 Å². The summed E-state index contributed by atoms with van der Waals surface area (Å²) >= 11 is 1.50. The van der Waals surface area contributed by atoms with Crippen molar-refractivity contribution in [3.63, 3.8) is 0 Å². The van der Waals surface area contributed by atoms with Gasteiger partial charge in [0.2, 0.25) is 0 Å². The Morgan fingerprint density at radius 3 is 2.75 bits per heavy atom. The summed E-state index contributed by atoms with van der Waals surface area (Å²) in [5, 5.41) is 2.78. The van der Waals surface area contributed by atoms with E-state index in [4.69, 9.17) is 4.74 Å². The van der Waals surface area contributed by atoms with Crippen molar-refractivity contribution in [3.05, 3.63) is 51.2 Å². The van der Waals surface area contributed by atoms with E-state index >= 15 is 0 Å². The molecular formula is C19H21NO3S. The van der Waals surface area contributed by atoms with E-state index in [1.54, 1.807) is 6.92 Å². The molecule has 1 aliphatic carbocycles. The molecule has 0 bridgehead atoms. The number of aryl methyl sites for hydroxylation is 3. The molecule has 0 saturated heterocycles. The van der Waals surface area contributed by atoms with E-state index in [9.17, 15) is 9.59 Å². The molecule has 3 rings (SSSR count). The lowest BCUT2D eigenvalue weighted by atomic mass is 9.99. The van der Waals surface area contributed by atoms with Gasteiger partial charge in [-0.2, -0.15) is 0 Å². The van der Waals surface area contributed by atoms with Crippen molar-refractivity contribution in [3.8, 4) is 0 Å². The Morgan fingerprint density at radius 1 is 1.21 bits per heavy atom. The van der Waals surface area contributed by atoms with Crippen LogP contribution in [0.2, 0.25) is 0 Å². The summed E-state index contributed by atoms with van der Waals surface area (Å²) in [6.07, 6.45) is 3.58. The number of anilines is 1. The maximum absolute atomic E-state index is 12.3. The van der Waals surface area contributed by atoms with Gasteiger partial charge >= 0.3 is 5.97 Å². The highest BCUT2D eigenvalue weighted by Gasteiger charge is 2.22. The fourth-order valence-corrected chi connectivity index (χ4v) is 3.97. The molecule has 0 spiro atoms. The normalized spacial score (nSPS) is 14.6. The van der Waals surface area contributed by atoms with E-state index in [0.29, 0.717) is 10.6 Å². The van der Waals surface area contributed by atoms with Crippen LogP contribution in [0.15, 0.2) is 30.3 Å². The lowest BCUT2D eigenvalue weighted by Crippen LogP contribution is -2.29. The molecule has 1 atom stereocenters. The standard InChI is InChI=1S/C19H21NO3S/c1-12-6-5-8-15(10-12)20-18(21)13(2)23-19(22)17-11-14-7-3-4-9-16(14)24-17/h5-6,8,10-11,13H,3-4,7,9H2,1-2H3,(H,20,21)/t13-/m1/s1. The first-order valence-corrected chi connectivity index (χ1v) is 9.04. The average molecular weight is 343 g/mol. The molecule has 0 aliphatic heterocycles. The van der Waals surface area contributed by atoms with Crippen LogP contribution in [0.5, 0.6) is 0 Å². The molecule has 0 unspecified atom stereocenters. The van der Waals surface area contributed by atoms with Crippen LogP contribution in [-0.4, -0.2) is 18.0 Å². The van der Waals surface area contributed by atoms with Crippen molar-refractivity contribution in [1.29, 1.82) is 0 Å². The second-order valence-electron chi connectivity index (χ2n) is 6.17. The zero-order chi connectivity index (χ0) is 17.1. The predicted molar refractivity (Wildman–Crippen MR) is 95.6 cm³/mol. The van der Waals surface area contributed by atoms with Crippen molar-refractivity contribution in [1.82, 2.24) is 0 Å². The van der Waals surface area contributed by atoms with Gasteiger partial charge in [-0.3, -0.25) is 4.79 Å². The Balaban J connectivity index is 1.61. The number of carbonyl (C=O) groups is 2. The Labute approximate surface area is 145 Å². The topological polar surface area (TPSA) is 55.4 Å². The highest BCUT2D eigenvalue weighted by Crippen LogP contribution is 2.30. The monoisotopic (exact) mass is 343 g/mol. The fraction of sp³-hybridized carbons (Fsp3) is 0.368. The third-order valence-corrected chi connectivity index (χ3v) is 5.35. The number of nitrogens with one attached hydrogen (secondary N) is 1. The second kappa shape index (κ2) is 7.18. The van der Waals surface area contributed by atoms with Gasteiger partial charge in [0, 0.05) is 10.6 Å². The number of esters is 1. The molecule has 0 saturated carbocycles. The van der Waals surface area contributed by atoms with E-state index in [1.807, 2.05) is 37.3 Å². The van der Waals surface area contributed by atoms with E-state index < -0.39 is 12.1 Å². The van der Waals surface area contributed by atoms with Crippen LogP contribution in [-0.2, 0) is 22.4 Å². The van der Waals surface area contributed by atoms with E-state index in [0.717, 1.165) is 18.4 Å². The van der Waals surface area contributed by atoms with Gasteiger partial charge in [0.25, 0.3) is 5.91 Å². The summed E-state index contributed by atoms with van der Waals surface area (Å²) in [4.78, 5) is 26.4. The lowest BCUT2D eigenvalue weighted by Gasteiger charge is -2.13. The molecule has 1 heterocycles. The smallest absolute Gasteiger partial charge is 0.349 e. The molecule has 1 N–H and O–H groups in total. The third-order valence-electron chi connectivity index (χ3n) is 4.14. The van der Waals surface area contributed by atoms with Crippen molar-refractivity contribution >= 4 is 28.9 Å². The van der Waals surface area contributed by atoms with E-state index in [2.05, 4.69) is 5.32 Å². The summed E-state index contributed by atoms with van der Waals surface area (Å²) < 4.78 is 5.34. The molecule has 24 heavy (non-hydrogen) atoms. The minimum Gasteiger partial charge on any atom is -0.448 e. The lowest BCUT2D eigenvalue weighted by molar-refractivity contribution is -0.123. The first-order valence-electron chi connectivity index (χ1n) is 8.23. The highest BCUT2D eigenvalue weighted by molar-refractivity contribution is 7.14. The number of benzene rings is 1. The number of thiophene rings is 1. The minimum absolute atomic E-state index is 0.324. The van der Waals surface area contributed by atoms with Crippen LogP contribution in [0.1, 0.15) is 45.4 Å². The number of fused-ring (bicyclic) bond motifs is 1. The first-order chi connectivity index (χ1) is 11.5. The Bertz CT molecular complexity index is 742. The van der Waals surface area contributed by atoms with Gasteiger partial charge in [0.05, 0.1) is 0 Å². The zero-order valence-corrected chi connectivity index (χ0v) is 14.7. The highest BCUT2D eigenvalue weighted by atomic mass is 32.1. The summed E-state index contributed by atoms with van der Waals surface area (Å²) in [6, 6.07) is 9.44. The van der Waals surface area contributed by atoms with Gasteiger partial charge < -0.3 is 10.1 Å². The molecule has 126 valence electrons. The quantitative estimate of drug-likeness (QED) is 0.850. The second-order valence-corrected chi connectivity index (χ2v) is 7.31. The van der Waals surface area contributed by atoms with E-state index in [-0.39, 0.29) is 5.91 Å². The molecule has 1 amide bonds. The van der Waals surface area contributed by atoms with Crippen molar-refractivity contribution in [2.45, 2.75) is 45.6 Å². The number of hydrogen-bond acceptors (Lipinski definition) is 4. The van der Waals surface area contributed by atoms with Gasteiger partial charge in [0.15, 0.2) is 6.10 Å². The SMILES string of the molecule is Cc1cccc(NC(=O)[C@@H](C)OC(=O)c2cc3c(s2)CCCC3)c1. The molecule has 5 heteroatoms. The van der Waals surface area contributed by atoms with E-state index in [1.165, 1.54) is 34.6 Å². The maximum atomic E-state index is 12.3. The predicted octanol–water partition coefficient (Wildman–Crippen LogP) is 4.12. The Hall–Kier alpha value is -2.14. The number of carbonyl (C=O) groups excluding carboxylic acids is 2. The molecule has 2 aromatic rings. The van der Waals surface area contributed by atoms with Gasteiger partial charge in [-0.05, 0) is 68.9 Å². The number of ether oxygens (including phenoxy) is 1. The summed E-state index contributed by atoms with van der Waals surface area (Å²) in [7, 11) is 0. The Kier molecular flexibility index (Phi) is 5.00. The maximum Gasteiger partial charge on any atom is 0.349 e. The molecule has 1 aromatic carbocycles. The number of rotatable bonds is 4. The molecule has 1 aliphatic rings. The number of hydrogen-bond donors (Lipinski definition) is 1. The summed E-state index contributed by atoms with van der Waals surface area (Å²) in [5.41, 5.74) is 3.02. The van der Waals surface area contributed by atoms with Gasteiger partial charge in [-0.25, -0.2) is 4.79 Å². The van der Waals surface area contributed by atoms with Gasteiger partial charge in [-0.15, -0.1) is 11.3 Å². The minimum atomic E-state index is -0.836. The Morgan fingerprint density at radius 2 is 2.00 bits per heavy atom. The van der Waals surface area contributed by atoms with Crippen LogP contribution < -0.4 is 5.32 Å². The zero-order valence-electron chi connectivity index (χ0n) is 13.9. The molecule has 0 fully saturated rings. The number of amides is 1.